The summed E-state index contributed by atoms with van der Waals surface area (Å²) in [6.45, 7) is 8.67. The van der Waals surface area contributed by atoms with Crippen LogP contribution in [-0.2, 0) is 6.54 Å². The van der Waals surface area contributed by atoms with E-state index in [0.29, 0.717) is 6.04 Å². The molecule has 0 unspecified atom stereocenters. The van der Waals surface area contributed by atoms with Crippen molar-refractivity contribution >= 4 is 5.91 Å². The summed E-state index contributed by atoms with van der Waals surface area (Å²) in [7, 11) is 1.97. The van der Waals surface area contributed by atoms with E-state index in [9.17, 15) is 4.79 Å². The van der Waals surface area contributed by atoms with Gasteiger partial charge < -0.3 is 10.2 Å². The second kappa shape index (κ2) is 6.39. The molecule has 1 aliphatic rings. The van der Waals surface area contributed by atoms with Crippen LogP contribution in [0.5, 0.6) is 0 Å². The Hall–Kier alpha value is -1.36. The first-order valence-electron chi connectivity index (χ1n) is 7.60. The van der Waals surface area contributed by atoms with Crippen LogP contribution in [0.4, 0.5) is 0 Å². The molecule has 0 saturated carbocycles. The zero-order chi connectivity index (χ0) is 14.7. The molecule has 1 aliphatic heterocycles. The van der Waals surface area contributed by atoms with Crippen molar-refractivity contribution in [2.75, 3.05) is 20.1 Å². The van der Waals surface area contributed by atoms with Gasteiger partial charge >= 0.3 is 0 Å². The third-order valence-corrected chi connectivity index (χ3v) is 4.01. The van der Waals surface area contributed by atoms with Gasteiger partial charge in [0.1, 0.15) is 0 Å². The van der Waals surface area contributed by atoms with Crippen LogP contribution >= 0.6 is 0 Å². The number of hydrogen-bond donors (Lipinski definition) is 1. The molecule has 2 heterocycles. The van der Waals surface area contributed by atoms with Crippen molar-refractivity contribution in [3.05, 3.63) is 17.5 Å². The molecule has 0 aliphatic carbocycles. The molecule has 1 N–H and O–H groups in total. The Labute approximate surface area is 121 Å². The Bertz CT molecular complexity index is 466. The summed E-state index contributed by atoms with van der Waals surface area (Å²) in [6.07, 6.45) is 4.11. The highest BCUT2D eigenvalue weighted by Gasteiger charge is 2.27. The van der Waals surface area contributed by atoms with Gasteiger partial charge in [-0.15, -0.1) is 0 Å². The summed E-state index contributed by atoms with van der Waals surface area (Å²) in [5.41, 5.74) is 1.70. The molecule has 1 saturated heterocycles. The van der Waals surface area contributed by atoms with Crippen LogP contribution in [0.15, 0.2) is 6.20 Å². The fourth-order valence-corrected chi connectivity index (χ4v) is 2.76. The number of hydrogen-bond acceptors (Lipinski definition) is 3. The molecule has 20 heavy (non-hydrogen) atoms. The molecule has 1 aromatic rings. The van der Waals surface area contributed by atoms with Crippen molar-refractivity contribution in [3.63, 3.8) is 0 Å². The lowest BCUT2D eigenvalue weighted by Gasteiger charge is -2.32. The van der Waals surface area contributed by atoms with Gasteiger partial charge in [-0.2, -0.15) is 5.10 Å². The number of likely N-dealkylation sites (N-methyl/N-ethyl adjacent to an activating group) is 1. The average Bonchev–Trinajstić information content (AvgIpc) is 2.91. The second-order valence-electron chi connectivity index (χ2n) is 5.82. The van der Waals surface area contributed by atoms with Crippen molar-refractivity contribution < 1.29 is 4.79 Å². The minimum absolute atomic E-state index is 0.133. The minimum atomic E-state index is 0.133. The highest BCUT2D eigenvalue weighted by atomic mass is 16.2. The van der Waals surface area contributed by atoms with Gasteiger partial charge in [-0.05, 0) is 32.7 Å². The lowest BCUT2D eigenvalue weighted by atomic mass is 10.0. The van der Waals surface area contributed by atoms with Crippen LogP contribution in [0.3, 0.4) is 0 Å². The minimum Gasteiger partial charge on any atom is -0.337 e. The lowest BCUT2D eigenvalue weighted by Crippen LogP contribution is -2.47. The number of aromatic nitrogens is 2. The first-order valence-corrected chi connectivity index (χ1v) is 7.60. The maximum absolute atomic E-state index is 12.8. The van der Waals surface area contributed by atoms with Crippen molar-refractivity contribution in [1.82, 2.24) is 20.0 Å². The van der Waals surface area contributed by atoms with Crippen LogP contribution in [-0.4, -0.2) is 46.8 Å². The summed E-state index contributed by atoms with van der Waals surface area (Å²) < 4.78 is 1.86. The van der Waals surface area contributed by atoms with Crippen molar-refractivity contribution in [3.8, 4) is 0 Å². The Balaban J connectivity index is 2.21. The fraction of sp³-hybridized carbons (Fsp3) is 0.733. The fourth-order valence-electron chi connectivity index (χ4n) is 2.76. The number of piperidine rings is 1. The Morgan fingerprint density at radius 2 is 2.30 bits per heavy atom. The Kier molecular flexibility index (Phi) is 4.81. The van der Waals surface area contributed by atoms with E-state index in [2.05, 4.69) is 24.3 Å². The quantitative estimate of drug-likeness (QED) is 0.914. The first-order chi connectivity index (χ1) is 9.56. The van der Waals surface area contributed by atoms with Crippen molar-refractivity contribution in [1.29, 1.82) is 0 Å². The van der Waals surface area contributed by atoms with Gasteiger partial charge in [-0.25, -0.2) is 0 Å². The van der Waals surface area contributed by atoms with Crippen LogP contribution in [0, 0.1) is 0 Å². The van der Waals surface area contributed by atoms with Gasteiger partial charge in [0.15, 0.2) is 0 Å². The van der Waals surface area contributed by atoms with E-state index < -0.39 is 0 Å². The number of carbonyl (C=O) groups excluding carboxylic acids is 1. The number of nitrogens with zero attached hydrogens (tertiary/aromatic N) is 3. The van der Waals surface area contributed by atoms with E-state index in [4.69, 9.17) is 0 Å². The van der Waals surface area contributed by atoms with E-state index >= 15 is 0 Å². The molecule has 1 atom stereocenters. The summed E-state index contributed by atoms with van der Waals surface area (Å²) in [6, 6.07) is 0.413. The molecule has 1 fully saturated rings. The molecule has 5 heteroatoms. The molecule has 0 bridgehead atoms. The van der Waals surface area contributed by atoms with E-state index in [1.807, 2.05) is 29.7 Å². The van der Waals surface area contributed by atoms with Crippen LogP contribution in [0.25, 0.3) is 0 Å². The highest BCUT2D eigenvalue weighted by molar-refractivity contribution is 5.95. The monoisotopic (exact) mass is 278 g/mol. The third-order valence-electron chi connectivity index (χ3n) is 4.01. The smallest absolute Gasteiger partial charge is 0.257 e. The summed E-state index contributed by atoms with van der Waals surface area (Å²) in [5.74, 6) is 0.403. The van der Waals surface area contributed by atoms with E-state index in [1.54, 1.807) is 0 Å². The second-order valence-corrected chi connectivity index (χ2v) is 5.82. The lowest BCUT2D eigenvalue weighted by molar-refractivity contribution is 0.0696. The van der Waals surface area contributed by atoms with Gasteiger partial charge in [0.25, 0.3) is 5.91 Å². The normalized spacial score (nSPS) is 19.6. The van der Waals surface area contributed by atoms with Gasteiger partial charge in [0.2, 0.25) is 0 Å². The number of aryl methyl sites for hydroxylation is 1. The van der Waals surface area contributed by atoms with E-state index in [0.717, 1.165) is 43.7 Å². The Morgan fingerprint density at radius 3 is 2.90 bits per heavy atom. The largest absolute Gasteiger partial charge is 0.337 e. The highest BCUT2D eigenvalue weighted by Crippen LogP contribution is 2.21. The zero-order valence-corrected chi connectivity index (χ0v) is 13.0. The van der Waals surface area contributed by atoms with Gasteiger partial charge in [0.05, 0.1) is 11.3 Å². The van der Waals surface area contributed by atoms with Gasteiger partial charge in [-0.1, -0.05) is 13.8 Å². The average molecular weight is 278 g/mol. The SMILES string of the molecule is CCn1cc(C(=O)N2CCC[C@@H](NC)C2)c(C(C)C)n1. The molecule has 0 radical (unpaired) electrons. The number of nitrogens with one attached hydrogen (secondary N) is 1. The van der Waals surface area contributed by atoms with Gasteiger partial charge in [0, 0.05) is 31.9 Å². The molecule has 1 aromatic heterocycles. The third kappa shape index (κ3) is 3.03. The molecule has 5 nitrogen and oxygen atoms in total. The molecule has 0 spiro atoms. The van der Waals surface area contributed by atoms with E-state index in [1.165, 1.54) is 0 Å². The van der Waals surface area contributed by atoms with Crippen LogP contribution < -0.4 is 5.32 Å². The number of amides is 1. The number of carbonyl (C=O) groups is 1. The molecular weight excluding hydrogens is 252 g/mol. The summed E-state index contributed by atoms with van der Waals surface area (Å²) in [4.78, 5) is 14.7. The molecule has 1 amide bonds. The standard InChI is InChI=1S/C15H26N4O/c1-5-19-10-13(14(17-19)11(2)3)15(20)18-8-6-7-12(9-18)16-4/h10-12,16H,5-9H2,1-4H3/t12-/m1/s1. The first kappa shape index (κ1) is 15.0. The maximum atomic E-state index is 12.8. The molecular formula is C15H26N4O. The predicted octanol–water partition coefficient (Wildman–Crippen LogP) is 1.85. The maximum Gasteiger partial charge on any atom is 0.257 e. The van der Waals surface area contributed by atoms with Crippen LogP contribution in [0.2, 0.25) is 0 Å². The van der Waals surface area contributed by atoms with Crippen molar-refractivity contribution in [2.45, 2.75) is 52.1 Å². The summed E-state index contributed by atoms with van der Waals surface area (Å²) >= 11 is 0. The van der Waals surface area contributed by atoms with Crippen LogP contribution in [0.1, 0.15) is 55.6 Å². The molecule has 2 rings (SSSR count). The molecule has 112 valence electrons. The zero-order valence-electron chi connectivity index (χ0n) is 13.0. The predicted molar refractivity (Wildman–Crippen MR) is 80.0 cm³/mol. The number of likely N-dealkylation sites (tertiary alicyclic amines) is 1. The van der Waals surface area contributed by atoms with Crippen molar-refractivity contribution in [2.24, 2.45) is 0 Å². The number of rotatable bonds is 4. The Morgan fingerprint density at radius 1 is 1.55 bits per heavy atom. The van der Waals surface area contributed by atoms with Gasteiger partial charge in [-0.3, -0.25) is 9.48 Å². The summed E-state index contributed by atoms with van der Waals surface area (Å²) in [5, 5.41) is 7.82. The topological polar surface area (TPSA) is 50.2 Å². The van der Waals surface area contributed by atoms with E-state index in [-0.39, 0.29) is 11.8 Å². The molecule has 0 aromatic carbocycles.